The quantitative estimate of drug-likeness (QED) is 0.455. The van der Waals surface area contributed by atoms with Crippen molar-refractivity contribution < 1.29 is 4.39 Å². The highest BCUT2D eigenvalue weighted by Crippen LogP contribution is 2.41. The highest BCUT2D eigenvalue weighted by Gasteiger charge is 2.32. The van der Waals surface area contributed by atoms with E-state index in [4.69, 9.17) is 5.10 Å². The van der Waals surface area contributed by atoms with E-state index in [1.54, 1.807) is 12.1 Å². The van der Waals surface area contributed by atoms with E-state index in [1.807, 2.05) is 6.07 Å². The average Bonchev–Trinajstić information content (AvgIpc) is 3.47. The molecule has 2 saturated carbocycles. The van der Waals surface area contributed by atoms with E-state index in [0.717, 1.165) is 12.5 Å². The Kier molecular flexibility index (Phi) is 7.49. The summed E-state index contributed by atoms with van der Waals surface area (Å²) in [7, 11) is 0. The van der Waals surface area contributed by atoms with Gasteiger partial charge in [0.05, 0.1) is 5.69 Å². The third kappa shape index (κ3) is 5.53. The monoisotopic (exact) mass is 451 g/mol. The van der Waals surface area contributed by atoms with E-state index in [-0.39, 0.29) is 5.82 Å². The highest BCUT2D eigenvalue weighted by atomic mass is 19.1. The summed E-state index contributed by atoms with van der Waals surface area (Å²) < 4.78 is 16.1. The standard InChI is InChI=1S/C29H42FN3/c1-2-33-29(20-27(31-33)18-22-8-4-3-5-9-22)23-14-16-32(17-15-23)21-25-11-7-13-28(25)24-10-6-12-26(30)19-24/h6,10,12,19-20,22-23,25,28H,2-5,7-9,11,13-18,21H2,1H3/t25?,28-/m1/s1. The number of rotatable bonds is 7. The van der Waals surface area contributed by atoms with E-state index >= 15 is 0 Å². The predicted molar refractivity (Wildman–Crippen MR) is 133 cm³/mol. The second kappa shape index (κ2) is 10.7. The van der Waals surface area contributed by atoms with E-state index in [2.05, 4.69) is 28.6 Å². The first-order chi connectivity index (χ1) is 16.2. The van der Waals surface area contributed by atoms with Gasteiger partial charge in [0, 0.05) is 24.7 Å². The average molecular weight is 452 g/mol. The molecule has 0 N–H and O–H groups in total. The maximum atomic E-state index is 13.8. The Hall–Kier alpha value is -1.68. The van der Waals surface area contributed by atoms with Gasteiger partial charge < -0.3 is 4.90 Å². The fraction of sp³-hybridized carbons (Fsp3) is 0.690. The molecule has 1 aromatic carbocycles. The molecule has 0 amide bonds. The summed E-state index contributed by atoms with van der Waals surface area (Å²) >= 11 is 0. The summed E-state index contributed by atoms with van der Waals surface area (Å²) in [6, 6.07) is 9.81. The molecule has 33 heavy (non-hydrogen) atoms. The second-order valence-electron chi connectivity index (χ2n) is 11.0. The lowest BCUT2D eigenvalue weighted by molar-refractivity contribution is 0.175. The Morgan fingerprint density at radius 1 is 0.939 bits per heavy atom. The van der Waals surface area contributed by atoms with E-state index in [0.29, 0.717) is 17.8 Å². The zero-order valence-corrected chi connectivity index (χ0v) is 20.5. The molecule has 3 fully saturated rings. The molecule has 2 aromatic rings. The highest BCUT2D eigenvalue weighted by molar-refractivity contribution is 5.23. The molecule has 0 spiro atoms. The zero-order chi connectivity index (χ0) is 22.6. The van der Waals surface area contributed by atoms with Gasteiger partial charge in [-0.2, -0.15) is 5.10 Å². The van der Waals surface area contributed by atoms with Gasteiger partial charge in [0.1, 0.15) is 5.82 Å². The summed E-state index contributed by atoms with van der Waals surface area (Å²) in [6.45, 7) is 6.77. The minimum absolute atomic E-state index is 0.0886. The molecule has 2 heterocycles. The molecule has 2 aliphatic carbocycles. The summed E-state index contributed by atoms with van der Waals surface area (Å²) in [4.78, 5) is 2.69. The topological polar surface area (TPSA) is 21.1 Å². The van der Waals surface area contributed by atoms with E-state index in [9.17, 15) is 4.39 Å². The van der Waals surface area contributed by atoms with Crippen LogP contribution in [0.1, 0.15) is 99.9 Å². The molecule has 180 valence electrons. The van der Waals surface area contributed by atoms with Crippen molar-refractivity contribution in [3.8, 4) is 0 Å². The van der Waals surface area contributed by atoms with Crippen molar-refractivity contribution in [2.45, 2.75) is 95.9 Å². The number of hydrogen-bond acceptors (Lipinski definition) is 2. The summed E-state index contributed by atoms with van der Waals surface area (Å²) in [5, 5.41) is 5.02. The molecular formula is C29H42FN3. The molecule has 2 atom stereocenters. The van der Waals surface area contributed by atoms with Gasteiger partial charge in [-0.05, 0) is 93.6 Å². The van der Waals surface area contributed by atoms with Crippen LogP contribution < -0.4 is 0 Å². The second-order valence-corrected chi connectivity index (χ2v) is 11.0. The Labute approximate surface area is 199 Å². The van der Waals surface area contributed by atoms with Crippen molar-refractivity contribution in [3.63, 3.8) is 0 Å². The minimum Gasteiger partial charge on any atom is -0.303 e. The van der Waals surface area contributed by atoms with Crippen molar-refractivity contribution >= 4 is 0 Å². The van der Waals surface area contributed by atoms with Crippen LogP contribution in [-0.4, -0.2) is 34.3 Å². The van der Waals surface area contributed by atoms with Crippen molar-refractivity contribution in [1.29, 1.82) is 0 Å². The lowest BCUT2D eigenvalue weighted by Crippen LogP contribution is -2.37. The lowest BCUT2D eigenvalue weighted by Gasteiger charge is -2.35. The Bertz CT molecular complexity index is 892. The van der Waals surface area contributed by atoms with Gasteiger partial charge in [-0.3, -0.25) is 4.68 Å². The molecular weight excluding hydrogens is 409 g/mol. The van der Waals surface area contributed by atoms with Crippen LogP contribution in [0, 0.1) is 17.7 Å². The Balaban J connectivity index is 1.17. The van der Waals surface area contributed by atoms with Gasteiger partial charge in [0.2, 0.25) is 0 Å². The van der Waals surface area contributed by atoms with E-state index in [1.165, 1.54) is 107 Å². The number of halogens is 1. The minimum atomic E-state index is -0.0886. The molecule has 1 aromatic heterocycles. The normalized spacial score (nSPS) is 25.6. The number of likely N-dealkylation sites (tertiary alicyclic amines) is 1. The zero-order valence-electron chi connectivity index (χ0n) is 20.5. The first kappa shape index (κ1) is 23.1. The number of benzene rings is 1. The SMILES string of the molecule is CCn1nc(CC2CCCCC2)cc1C1CCN(CC2CCC[C@@H]2c2cccc(F)c2)CC1. The smallest absolute Gasteiger partial charge is 0.123 e. The van der Waals surface area contributed by atoms with Crippen LogP contribution in [0.25, 0.3) is 0 Å². The van der Waals surface area contributed by atoms with Gasteiger partial charge in [0.25, 0.3) is 0 Å². The van der Waals surface area contributed by atoms with Crippen molar-refractivity contribution in [3.05, 3.63) is 53.1 Å². The third-order valence-corrected chi connectivity index (χ3v) is 8.82. The maximum Gasteiger partial charge on any atom is 0.123 e. The number of hydrogen-bond donors (Lipinski definition) is 0. The Morgan fingerprint density at radius 2 is 1.76 bits per heavy atom. The largest absolute Gasteiger partial charge is 0.303 e. The summed E-state index contributed by atoms with van der Waals surface area (Å²) in [5.74, 6) is 2.62. The predicted octanol–water partition coefficient (Wildman–Crippen LogP) is 6.93. The number of aryl methyl sites for hydroxylation is 1. The fourth-order valence-electron chi connectivity index (χ4n) is 7.03. The van der Waals surface area contributed by atoms with Crippen LogP contribution in [0.3, 0.4) is 0 Å². The van der Waals surface area contributed by atoms with Gasteiger partial charge in [-0.25, -0.2) is 4.39 Å². The summed E-state index contributed by atoms with van der Waals surface area (Å²) in [5.41, 5.74) is 4.04. The Morgan fingerprint density at radius 3 is 2.52 bits per heavy atom. The van der Waals surface area contributed by atoms with Crippen LogP contribution in [0.2, 0.25) is 0 Å². The first-order valence-electron chi connectivity index (χ1n) is 13.7. The molecule has 4 heteroatoms. The van der Waals surface area contributed by atoms with Crippen LogP contribution in [0.5, 0.6) is 0 Å². The molecule has 5 rings (SSSR count). The van der Waals surface area contributed by atoms with Crippen LogP contribution in [-0.2, 0) is 13.0 Å². The molecule has 0 bridgehead atoms. The van der Waals surface area contributed by atoms with Crippen molar-refractivity contribution in [2.24, 2.45) is 11.8 Å². The summed E-state index contributed by atoms with van der Waals surface area (Å²) in [6.07, 6.45) is 14.5. The third-order valence-electron chi connectivity index (χ3n) is 8.82. The lowest BCUT2D eigenvalue weighted by atomic mass is 9.85. The van der Waals surface area contributed by atoms with Gasteiger partial charge in [0.15, 0.2) is 0 Å². The molecule has 1 aliphatic heterocycles. The molecule has 3 aliphatic rings. The number of aromatic nitrogens is 2. The van der Waals surface area contributed by atoms with Crippen molar-refractivity contribution in [2.75, 3.05) is 19.6 Å². The number of piperidine rings is 1. The van der Waals surface area contributed by atoms with Crippen LogP contribution in [0.4, 0.5) is 4.39 Å². The molecule has 3 nitrogen and oxygen atoms in total. The van der Waals surface area contributed by atoms with Crippen molar-refractivity contribution in [1.82, 2.24) is 14.7 Å². The number of nitrogens with zero attached hydrogens (tertiary/aromatic N) is 3. The first-order valence-corrected chi connectivity index (χ1v) is 13.7. The van der Waals surface area contributed by atoms with Gasteiger partial charge in [-0.15, -0.1) is 0 Å². The van der Waals surface area contributed by atoms with Crippen LogP contribution in [0.15, 0.2) is 30.3 Å². The molecule has 1 unspecified atom stereocenters. The molecule has 1 saturated heterocycles. The molecule has 0 radical (unpaired) electrons. The fourth-order valence-corrected chi connectivity index (χ4v) is 7.03. The van der Waals surface area contributed by atoms with Gasteiger partial charge in [-0.1, -0.05) is 50.7 Å². The van der Waals surface area contributed by atoms with Crippen LogP contribution >= 0.6 is 0 Å². The van der Waals surface area contributed by atoms with Gasteiger partial charge >= 0.3 is 0 Å². The van der Waals surface area contributed by atoms with E-state index < -0.39 is 0 Å². The maximum absolute atomic E-state index is 13.8.